The van der Waals surface area contributed by atoms with Crippen LogP contribution in [0.5, 0.6) is 0 Å². The molecule has 0 N–H and O–H groups in total. The molecule has 0 saturated carbocycles. The average Bonchev–Trinajstić information content (AvgIpc) is 1.90. The molecule has 2 heteroatoms. The maximum atomic E-state index is 2.32. The van der Waals surface area contributed by atoms with Gasteiger partial charge in [-0.2, -0.15) is 0 Å². The molecule has 0 rings (SSSR count). The molecule has 0 saturated heterocycles. The van der Waals surface area contributed by atoms with Gasteiger partial charge in [-0.05, 0) is 26.9 Å². The molecule has 0 unspecified atom stereocenters. The Balaban J connectivity index is 0. The van der Waals surface area contributed by atoms with Crippen molar-refractivity contribution in [1.82, 2.24) is 4.90 Å². The first-order valence-electron chi connectivity index (χ1n) is 4.03. The van der Waals surface area contributed by atoms with E-state index in [2.05, 4.69) is 38.9 Å². The summed E-state index contributed by atoms with van der Waals surface area (Å²) in [5.74, 6) is 0. The molecular weight excluding hydrogens is 158 g/mol. The normalized spacial score (nSPS) is 9.18. The summed E-state index contributed by atoms with van der Waals surface area (Å²) in [6.45, 7) is 5.51. The summed E-state index contributed by atoms with van der Waals surface area (Å²) in [5.41, 5.74) is 1.56. The molecule has 0 aromatic carbocycles. The molecule has 0 heterocycles. The first kappa shape index (κ1) is 13.6. The van der Waals surface area contributed by atoms with Gasteiger partial charge in [0.05, 0.1) is 0 Å². The molecule has 0 aliphatic carbocycles. The lowest BCUT2D eigenvalue weighted by atomic mass is 10.1. The second kappa shape index (κ2) is 8.09. The fraction of sp³-hybridized carbons (Fsp3) is 0.778. The number of hydrogen-bond acceptors (Lipinski definition) is 1. The number of allylic oxidation sites excluding steroid dienone is 1. The zero-order chi connectivity index (χ0) is 7.98. The molecule has 0 fully saturated rings. The molecule has 68 valence electrons. The fourth-order valence-corrected chi connectivity index (χ4v) is 0.850. The SMILES string of the molecule is CCC(=CCN(C)C)CC.Cl. The van der Waals surface area contributed by atoms with E-state index in [1.165, 1.54) is 12.8 Å². The van der Waals surface area contributed by atoms with E-state index in [4.69, 9.17) is 0 Å². The van der Waals surface area contributed by atoms with Gasteiger partial charge in [-0.25, -0.2) is 0 Å². The highest BCUT2D eigenvalue weighted by Gasteiger charge is 1.89. The van der Waals surface area contributed by atoms with Crippen molar-refractivity contribution >= 4 is 12.4 Å². The third-order valence-electron chi connectivity index (χ3n) is 1.65. The molecular formula is C9H20ClN. The fourth-order valence-electron chi connectivity index (χ4n) is 0.850. The van der Waals surface area contributed by atoms with E-state index in [1.54, 1.807) is 5.57 Å². The molecule has 0 aromatic heterocycles. The molecule has 0 aliphatic rings. The summed E-state index contributed by atoms with van der Waals surface area (Å²) < 4.78 is 0. The van der Waals surface area contributed by atoms with Crippen molar-refractivity contribution in [3.8, 4) is 0 Å². The molecule has 0 aliphatic heterocycles. The zero-order valence-electron chi connectivity index (χ0n) is 8.05. The summed E-state index contributed by atoms with van der Waals surface area (Å²) in [6, 6.07) is 0. The molecule has 0 radical (unpaired) electrons. The number of nitrogens with zero attached hydrogens (tertiary/aromatic N) is 1. The van der Waals surface area contributed by atoms with Crippen molar-refractivity contribution in [2.75, 3.05) is 20.6 Å². The van der Waals surface area contributed by atoms with Gasteiger partial charge in [-0.1, -0.05) is 25.5 Å². The van der Waals surface area contributed by atoms with E-state index in [1.807, 2.05) is 0 Å². The lowest BCUT2D eigenvalue weighted by molar-refractivity contribution is 0.454. The average molecular weight is 178 g/mol. The minimum Gasteiger partial charge on any atom is -0.306 e. The predicted octanol–water partition coefficient (Wildman–Crippen LogP) is 2.72. The van der Waals surface area contributed by atoms with E-state index in [9.17, 15) is 0 Å². The predicted molar refractivity (Wildman–Crippen MR) is 54.5 cm³/mol. The van der Waals surface area contributed by atoms with Gasteiger partial charge in [-0.3, -0.25) is 0 Å². The van der Waals surface area contributed by atoms with Crippen LogP contribution in [-0.4, -0.2) is 25.5 Å². The second-order valence-corrected chi connectivity index (χ2v) is 2.83. The third kappa shape index (κ3) is 7.89. The van der Waals surface area contributed by atoms with Crippen LogP contribution in [-0.2, 0) is 0 Å². The summed E-state index contributed by atoms with van der Waals surface area (Å²) >= 11 is 0. The highest BCUT2D eigenvalue weighted by atomic mass is 35.5. The van der Waals surface area contributed by atoms with Crippen LogP contribution in [0.25, 0.3) is 0 Å². The standard InChI is InChI=1S/C9H19N.ClH/c1-5-9(6-2)7-8-10(3)4;/h7H,5-6,8H2,1-4H3;1H. The highest BCUT2D eigenvalue weighted by molar-refractivity contribution is 5.85. The summed E-state index contributed by atoms with van der Waals surface area (Å²) in [6.07, 6.45) is 4.72. The van der Waals surface area contributed by atoms with Crippen LogP contribution in [0.4, 0.5) is 0 Å². The van der Waals surface area contributed by atoms with E-state index in [-0.39, 0.29) is 12.4 Å². The van der Waals surface area contributed by atoms with E-state index in [0.717, 1.165) is 6.54 Å². The summed E-state index contributed by atoms with van der Waals surface area (Å²) in [4.78, 5) is 2.19. The van der Waals surface area contributed by atoms with Gasteiger partial charge < -0.3 is 4.90 Å². The van der Waals surface area contributed by atoms with Gasteiger partial charge in [0, 0.05) is 6.54 Å². The first-order chi connectivity index (χ1) is 4.70. The number of likely N-dealkylation sites (N-methyl/N-ethyl adjacent to an activating group) is 1. The Bertz CT molecular complexity index is 102. The molecule has 0 spiro atoms. The summed E-state index contributed by atoms with van der Waals surface area (Å²) in [7, 11) is 4.19. The third-order valence-corrected chi connectivity index (χ3v) is 1.65. The monoisotopic (exact) mass is 177 g/mol. The minimum atomic E-state index is 0. The van der Waals surface area contributed by atoms with Crippen LogP contribution in [0.1, 0.15) is 26.7 Å². The first-order valence-corrected chi connectivity index (χ1v) is 4.03. The number of rotatable bonds is 4. The van der Waals surface area contributed by atoms with Gasteiger partial charge in [-0.15, -0.1) is 12.4 Å². The lowest BCUT2D eigenvalue weighted by Gasteiger charge is -2.06. The number of hydrogen-bond donors (Lipinski definition) is 0. The van der Waals surface area contributed by atoms with Gasteiger partial charge in [0.2, 0.25) is 0 Å². The molecule has 11 heavy (non-hydrogen) atoms. The molecule has 0 amide bonds. The van der Waals surface area contributed by atoms with Crippen molar-refractivity contribution in [3.63, 3.8) is 0 Å². The zero-order valence-corrected chi connectivity index (χ0v) is 8.87. The topological polar surface area (TPSA) is 3.24 Å². The van der Waals surface area contributed by atoms with Gasteiger partial charge >= 0.3 is 0 Å². The number of halogens is 1. The van der Waals surface area contributed by atoms with Crippen LogP contribution in [0.2, 0.25) is 0 Å². The Kier molecular flexibility index (Phi) is 9.98. The van der Waals surface area contributed by atoms with Gasteiger partial charge in [0.15, 0.2) is 0 Å². The van der Waals surface area contributed by atoms with Crippen molar-refractivity contribution in [2.24, 2.45) is 0 Å². The van der Waals surface area contributed by atoms with E-state index >= 15 is 0 Å². The van der Waals surface area contributed by atoms with Gasteiger partial charge in [0.1, 0.15) is 0 Å². The Morgan fingerprint density at radius 1 is 1.18 bits per heavy atom. The maximum absolute atomic E-state index is 2.32. The smallest absolute Gasteiger partial charge is 0.0159 e. The Morgan fingerprint density at radius 2 is 1.64 bits per heavy atom. The highest BCUT2D eigenvalue weighted by Crippen LogP contribution is 2.04. The molecule has 1 nitrogen and oxygen atoms in total. The van der Waals surface area contributed by atoms with Crippen LogP contribution in [0.3, 0.4) is 0 Å². The van der Waals surface area contributed by atoms with Crippen molar-refractivity contribution in [1.29, 1.82) is 0 Å². The molecule has 0 aromatic rings. The second-order valence-electron chi connectivity index (χ2n) is 2.83. The Labute approximate surface area is 76.9 Å². The largest absolute Gasteiger partial charge is 0.306 e. The van der Waals surface area contributed by atoms with Crippen LogP contribution >= 0.6 is 12.4 Å². The van der Waals surface area contributed by atoms with Crippen LogP contribution in [0.15, 0.2) is 11.6 Å². The van der Waals surface area contributed by atoms with Crippen molar-refractivity contribution < 1.29 is 0 Å². The maximum Gasteiger partial charge on any atom is 0.0159 e. The molecule has 0 atom stereocenters. The quantitative estimate of drug-likeness (QED) is 0.597. The van der Waals surface area contributed by atoms with Crippen molar-refractivity contribution in [2.45, 2.75) is 26.7 Å². The van der Waals surface area contributed by atoms with Crippen LogP contribution in [0, 0.1) is 0 Å². The Morgan fingerprint density at radius 3 is 1.91 bits per heavy atom. The van der Waals surface area contributed by atoms with E-state index < -0.39 is 0 Å². The summed E-state index contributed by atoms with van der Waals surface area (Å²) in [5, 5.41) is 0. The van der Waals surface area contributed by atoms with Crippen molar-refractivity contribution in [3.05, 3.63) is 11.6 Å². The van der Waals surface area contributed by atoms with Crippen LogP contribution < -0.4 is 0 Å². The van der Waals surface area contributed by atoms with E-state index in [0.29, 0.717) is 0 Å². The van der Waals surface area contributed by atoms with Gasteiger partial charge in [0.25, 0.3) is 0 Å². The lowest BCUT2D eigenvalue weighted by Crippen LogP contribution is -2.11. The Hall–Kier alpha value is -0.0100. The minimum absolute atomic E-state index is 0. The molecule has 0 bridgehead atoms.